The van der Waals surface area contributed by atoms with Gasteiger partial charge in [-0.25, -0.2) is 9.78 Å². The summed E-state index contributed by atoms with van der Waals surface area (Å²) in [5.74, 6) is 0. The van der Waals surface area contributed by atoms with Crippen LogP contribution < -0.4 is 10.6 Å². The van der Waals surface area contributed by atoms with Crippen LogP contribution >= 0.6 is 11.3 Å². The number of urea groups is 1. The molecule has 0 aliphatic carbocycles. The molecule has 0 fully saturated rings. The summed E-state index contributed by atoms with van der Waals surface area (Å²) in [5.41, 5.74) is 2.10. The molecule has 0 unspecified atom stereocenters. The van der Waals surface area contributed by atoms with Crippen LogP contribution in [0.1, 0.15) is 11.3 Å². The lowest BCUT2D eigenvalue weighted by atomic mass is 10.2. The molecule has 6 heteroatoms. The highest BCUT2D eigenvalue weighted by atomic mass is 32.1. The molecule has 0 radical (unpaired) electrons. The number of hydrogen-bond acceptors (Lipinski definition) is 3. The van der Waals surface area contributed by atoms with Gasteiger partial charge in [-0.1, -0.05) is 30.3 Å². The van der Waals surface area contributed by atoms with Gasteiger partial charge in [0, 0.05) is 24.3 Å². The Hall–Kier alpha value is -2.34. The van der Waals surface area contributed by atoms with Crippen molar-refractivity contribution in [2.75, 3.05) is 0 Å². The van der Waals surface area contributed by atoms with Gasteiger partial charge in [0.2, 0.25) is 0 Å². The first kappa shape index (κ1) is 12.7. The van der Waals surface area contributed by atoms with E-state index in [1.165, 1.54) is 0 Å². The van der Waals surface area contributed by atoms with E-state index in [9.17, 15) is 4.79 Å². The molecule has 102 valence electrons. The van der Waals surface area contributed by atoms with E-state index in [2.05, 4.69) is 15.6 Å². The van der Waals surface area contributed by atoms with E-state index in [4.69, 9.17) is 0 Å². The first-order chi connectivity index (χ1) is 9.83. The van der Waals surface area contributed by atoms with Crippen molar-refractivity contribution in [3.63, 3.8) is 0 Å². The van der Waals surface area contributed by atoms with Gasteiger partial charge in [-0.15, -0.1) is 11.3 Å². The lowest BCUT2D eigenvalue weighted by Gasteiger charge is -2.07. The minimum atomic E-state index is -0.173. The van der Waals surface area contributed by atoms with Crippen LogP contribution in [-0.4, -0.2) is 15.4 Å². The molecule has 3 rings (SSSR count). The predicted molar refractivity (Wildman–Crippen MR) is 78.6 cm³/mol. The molecule has 0 saturated heterocycles. The van der Waals surface area contributed by atoms with Gasteiger partial charge < -0.3 is 10.6 Å². The van der Waals surface area contributed by atoms with Gasteiger partial charge >= 0.3 is 6.03 Å². The molecule has 3 aromatic rings. The second kappa shape index (κ2) is 5.75. The number of amides is 2. The highest BCUT2D eigenvalue weighted by molar-refractivity contribution is 7.15. The summed E-state index contributed by atoms with van der Waals surface area (Å²) < 4.78 is 1.97. The maximum Gasteiger partial charge on any atom is 0.315 e. The molecule has 0 aliphatic rings. The fraction of sp³-hybridized carbons (Fsp3) is 0.143. The number of nitrogens with one attached hydrogen (secondary N) is 2. The molecule has 5 nitrogen and oxygen atoms in total. The maximum absolute atomic E-state index is 11.7. The first-order valence-electron chi connectivity index (χ1n) is 6.28. The quantitative estimate of drug-likeness (QED) is 0.773. The summed E-state index contributed by atoms with van der Waals surface area (Å²) in [6.45, 7) is 1.01. The molecule has 1 aromatic carbocycles. The number of carbonyl (C=O) groups is 1. The molecule has 0 spiro atoms. The molecule has 2 aromatic heterocycles. The number of fused-ring (bicyclic) bond motifs is 1. The van der Waals surface area contributed by atoms with Crippen LogP contribution in [-0.2, 0) is 13.1 Å². The molecule has 20 heavy (non-hydrogen) atoms. The standard InChI is InChI=1S/C14H14N4OS/c19-13(16-8-11-4-2-1-3-5-11)17-9-12-10-20-14-15-6-7-18(12)14/h1-7,10H,8-9H2,(H2,16,17,19). The first-order valence-corrected chi connectivity index (χ1v) is 7.16. The van der Waals surface area contributed by atoms with Crippen molar-refractivity contribution in [1.29, 1.82) is 0 Å². The zero-order valence-electron chi connectivity index (χ0n) is 10.7. The molecular formula is C14H14N4OS. The smallest absolute Gasteiger partial charge is 0.315 e. The molecular weight excluding hydrogens is 272 g/mol. The summed E-state index contributed by atoms with van der Waals surface area (Å²) in [6, 6.07) is 9.65. The molecule has 0 bridgehead atoms. The van der Waals surface area contributed by atoms with Gasteiger partial charge in [-0.05, 0) is 5.56 Å². The van der Waals surface area contributed by atoms with Gasteiger partial charge in [-0.3, -0.25) is 4.40 Å². The topological polar surface area (TPSA) is 58.4 Å². The average Bonchev–Trinajstić information content (AvgIpc) is 3.07. The molecule has 2 heterocycles. The normalized spacial score (nSPS) is 10.6. The number of imidazole rings is 1. The number of benzene rings is 1. The van der Waals surface area contributed by atoms with Crippen LogP contribution in [0.2, 0.25) is 0 Å². The van der Waals surface area contributed by atoms with E-state index in [0.717, 1.165) is 16.2 Å². The number of thiazole rings is 1. The van der Waals surface area contributed by atoms with Crippen LogP contribution in [0, 0.1) is 0 Å². The highest BCUT2D eigenvalue weighted by Gasteiger charge is 2.05. The maximum atomic E-state index is 11.7. The van der Waals surface area contributed by atoms with Gasteiger partial charge in [0.1, 0.15) is 0 Å². The average molecular weight is 286 g/mol. The van der Waals surface area contributed by atoms with Crippen molar-refractivity contribution < 1.29 is 4.79 Å². The second-order valence-electron chi connectivity index (χ2n) is 4.33. The third-order valence-electron chi connectivity index (χ3n) is 2.94. The van der Waals surface area contributed by atoms with E-state index >= 15 is 0 Å². The Morgan fingerprint density at radius 2 is 2.00 bits per heavy atom. The zero-order valence-corrected chi connectivity index (χ0v) is 11.6. The van der Waals surface area contributed by atoms with Crippen LogP contribution in [0.4, 0.5) is 4.79 Å². The Bertz CT molecular complexity index is 704. The third-order valence-corrected chi connectivity index (χ3v) is 3.85. The summed E-state index contributed by atoms with van der Waals surface area (Å²) in [4.78, 5) is 16.9. The SMILES string of the molecule is O=C(NCc1ccccc1)NCc1csc2nccn12. The largest absolute Gasteiger partial charge is 0.334 e. The highest BCUT2D eigenvalue weighted by Crippen LogP contribution is 2.13. The molecule has 2 amide bonds. The van der Waals surface area contributed by atoms with E-state index in [-0.39, 0.29) is 6.03 Å². The van der Waals surface area contributed by atoms with Crippen molar-refractivity contribution in [1.82, 2.24) is 20.0 Å². The van der Waals surface area contributed by atoms with Gasteiger partial charge in [0.15, 0.2) is 4.96 Å². The second-order valence-corrected chi connectivity index (χ2v) is 5.17. The van der Waals surface area contributed by atoms with E-state index in [1.807, 2.05) is 46.3 Å². The Kier molecular flexibility index (Phi) is 3.64. The molecule has 0 aliphatic heterocycles. The molecule has 2 N–H and O–H groups in total. The van der Waals surface area contributed by atoms with Crippen LogP contribution in [0.5, 0.6) is 0 Å². The fourth-order valence-corrected chi connectivity index (χ4v) is 2.76. The summed E-state index contributed by atoms with van der Waals surface area (Å²) in [6.07, 6.45) is 3.65. The van der Waals surface area contributed by atoms with E-state index < -0.39 is 0 Å². The number of hydrogen-bond donors (Lipinski definition) is 2. The van der Waals surface area contributed by atoms with Crippen molar-refractivity contribution in [3.05, 3.63) is 59.4 Å². The predicted octanol–water partition coefficient (Wildman–Crippen LogP) is 2.40. The van der Waals surface area contributed by atoms with E-state index in [1.54, 1.807) is 17.5 Å². The third kappa shape index (κ3) is 2.80. The lowest BCUT2D eigenvalue weighted by molar-refractivity contribution is 0.240. The summed E-state index contributed by atoms with van der Waals surface area (Å²) in [7, 11) is 0. The number of rotatable bonds is 4. The zero-order chi connectivity index (χ0) is 13.8. The molecule has 0 saturated carbocycles. The molecule has 0 atom stereocenters. The summed E-state index contributed by atoms with van der Waals surface area (Å²) >= 11 is 1.56. The summed E-state index contributed by atoms with van der Waals surface area (Å²) in [5, 5.41) is 7.68. The Morgan fingerprint density at radius 3 is 2.85 bits per heavy atom. The number of nitrogens with zero attached hydrogens (tertiary/aromatic N) is 2. The fourth-order valence-electron chi connectivity index (χ4n) is 1.91. The van der Waals surface area contributed by atoms with Gasteiger partial charge in [0.25, 0.3) is 0 Å². The van der Waals surface area contributed by atoms with Gasteiger partial charge in [0.05, 0.1) is 12.2 Å². The van der Waals surface area contributed by atoms with Gasteiger partial charge in [-0.2, -0.15) is 0 Å². The minimum Gasteiger partial charge on any atom is -0.334 e. The Morgan fingerprint density at radius 1 is 1.20 bits per heavy atom. The minimum absolute atomic E-state index is 0.173. The number of aromatic nitrogens is 2. The van der Waals surface area contributed by atoms with Crippen molar-refractivity contribution >= 4 is 22.3 Å². The number of carbonyl (C=O) groups excluding carboxylic acids is 1. The van der Waals surface area contributed by atoms with Crippen molar-refractivity contribution in [3.8, 4) is 0 Å². The van der Waals surface area contributed by atoms with E-state index in [0.29, 0.717) is 13.1 Å². The monoisotopic (exact) mass is 286 g/mol. The lowest BCUT2D eigenvalue weighted by Crippen LogP contribution is -2.34. The Balaban J connectivity index is 1.51. The van der Waals surface area contributed by atoms with Crippen LogP contribution in [0.3, 0.4) is 0 Å². The Labute approximate surface area is 120 Å². The van der Waals surface area contributed by atoms with Crippen LogP contribution in [0.25, 0.3) is 4.96 Å². The van der Waals surface area contributed by atoms with Crippen molar-refractivity contribution in [2.24, 2.45) is 0 Å². The van der Waals surface area contributed by atoms with Crippen molar-refractivity contribution in [2.45, 2.75) is 13.1 Å². The van der Waals surface area contributed by atoms with Crippen LogP contribution in [0.15, 0.2) is 48.1 Å².